The maximum Gasteiger partial charge on any atom is 0.341 e. The lowest BCUT2D eigenvalue weighted by Gasteiger charge is -2.01. The molecule has 0 radical (unpaired) electrons. The fourth-order valence-electron chi connectivity index (χ4n) is 2.39. The Balaban J connectivity index is 1.52. The maximum atomic E-state index is 11.9. The third-order valence-corrected chi connectivity index (χ3v) is 4.73. The summed E-state index contributed by atoms with van der Waals surface area (Å²) in [7, 11) is 1.30. The number of fused-ring (bicyclic) bond motifs is 1. The second kappa shape index (κ2) is 7.48. The lowest BCUT2D eigenvalue weighted by molar-refractivity contribution is -0.145. The number of carbonyl (C=O) groups is 2. The standard InChI is InChI=1S/C18H17NO5S/c1-11-13(18(21)22-2)9-12(24-11)10-23-17(20)8-7-16-19-14-5-3-4-6-15(14)25-16/h3-6,9H,7-8,10H2,1-2H3. The van der Waals surface area contributed by atoms with Gasteiger partial charge in [0.15, 0.2) is 0 Å². The molecule has 0 saturated carbocycles. The molecule has 25 heavy (non-hydrogen) atoms. The first-order valence-electron chi connectivity index (χ1n) is 7.74. The summed E-state index contributed by atoms with van der Waals surface area (Å²) in [5, 5.41) is 0.903. The van der Waals surface area contributed by atoms with Crippen LogP contribution in [0.2, 0.25) is 0 Å². The number of ether oxygens (including phenoxy) is 2. The Labute approximate surface area is 148 Å². The van der Waals surface area contributed by atoms with Crippen LogP contribution in [-0.2, 0) is 27.3 Å². The van der Waals surface area contributed by atoms with Crippen LogP contribution in [0.4, 0.5) is 0 Å². The number of esters is 2. The van der Waals surface area contributed by atoms with Crippen LogP contribution in [0, 0.1) is 6.92 Å². The molecule has 3 rings (SSSR count). The quantitative estimate of drug-likeness (QED) is 0.625. The lowest BCUT2D eigenvalue weighted by Crippen LogP contribution is -2.05. The number of aryl methyl sites for hydroxylation is 2. The molecule has 0 aliphatic rings. The molecule has 0 aliphatic carbocycles. The zero-order chi connectivity index (χ0) is 17.8. The van der Waals surface area contributed by atoms with Crippen molar-refractivity contribution < 1.29 is 23.5 Å². The van der Waals surface area contributed by atoms with Crippen molar-refractivity contribution in [2.24, 2.45) is 0 Å². The minimum absolute atomic E-state index is 0.0173. The normalized spacial score (nSPS) is 10.8. The van der Waals surface area contributed by atoms with Crippen molar-refractivity contribution in [1.29, 1.82) is 0 Å². The topological polar surface area (TPSA) is 78.6 Å². The molecule has 0 atom stereocenters. The molecule has 0 bridgehead atoms. The molecule has 0 saturated heterocycles. The van der Waals surface area contributed by atoms with Crippen LogP contribution in [0.25, 0.3) is 10.2 Å². The van der Waals surface area contributed by atoms with E-state index in [1.807, 2.05) is 24.3 Å². The second-order valence-corrected chi connectivity index (χ2v) is 6.53. The van der Waals surface area contributed by atoms with E-state index in [2.05, 4.69) is 9.72 Å². The second-order valence-electron chi connectivity index (χ2n) is 5.41. The molecule has 0 aliphatic heterocycles. The van der Waals surface area contributed by atoms with E-state index in [1.54, 1.807) is 18.3 Å². The average molecular weight is 359 g/mol. The van der Waals surface area contributed by atoms with Gasteiger partial charge in [-0.3, -0.25) is 4.79 Å². The number of aromatic nitrogens is 1. The van der Waals surface area contributed by atoms with Crippen molar-refractivity contribution in [3.8, 4) is 0 Å². The molecule has 2 heterocycles. The van der Waals surface area contributed by atoms with Crippen LogP contribution in [0.15, 0.2) is 34.7 Å². The molecule has 0 amide bonds. The van der Waals surface area contributed by atoms with Crippen LogP contribution < -0.4 is 0 Å². The number of hydrogen-bond donors (Lipinski definition) is 0. The predicted molar refractivity (Wildman–Crippen MR) is 92.5 cm³/mol. The van der Waals surface area contributed by atoms with E-state index < -0.39 is 5.97 Å². The highest BCUT2D eigenvalue weighted by Crippen LogP contribution is 2.22. The number of benzene rings is 1. The fraction of sp³-hybridized carbons (Fsp3) is 0.278. The molecule has 6 nitrogen and oxygen atoms in total. The van der Waals surface area contributed by atoms with Gasteiger partial charge in [0.2, 0.25) is 0 Å². The number of hydrogen-bond acceptors (Lipinski definition) is 7. The van der Waals surface area contributed by atoms with Gasteiger partial charge in [-0.1, -0.05) is 12.1 Å². The maximum absolute atomic E-state index is 11.9. The van der Waals surface area contributed by atoms with Crippen LogP contribution in [0.1, 0.15) is 33.3 Å². The average Bonchev–Trinajstić information content (AvgIpc) is 3.20. The van der Waals surface area contributed by atoms with Gasteiger partial charge in [0.1, 0.15) is 23.7 Å². The fourth-order valence-corrected chi connectivity index (χ4v) is 3.35. The van der Waals surface area contributed by atoms with Gasteiger partial charge < -0.3 is 13.9 Å². The summed E-state index contributed by atoms with van der Waals surface area (Å²) in [4.78, 5) is 27.9. The summed E-state index contributed by atoms with van der Waals surface area (Å²) in [5.74, 6) is 0.0289. The highest BCUT2D eigenvalue weighted by Gasteiger charge is 2.16. The monoisotopic (exact) mass is 359 g/mol. The smallest absolute Gasteiger partial charge is 0.341 e. The Morgan fingerprint density at radius 1 is 1.28 bits per heavy atom. The van der Waals surface area contributed by atoms with Crippen LogP contribution in [0.3, 0.4) is 0 Å². The van der Waals surface area contributed by atoms with E-state index in [0.29, 0.717) is 23.5 Å². The number of rotatable bonds is 6. The van der Waals surface area contributed by atoms with E-state index in [1.165, 1.54) is 13.2 Å². The van der Waals surface area contributed by atoms with Crippen molar-refractivity contribution in [2.45, 2.75) is 26.4 Å². The van der Waals surface area contributed by atoms with E-state index in [-0.39, 0.29) is 19.0 Å². The minimum Gasteiger partial charge on any atom is -0.465 e. The van der Waals surface area contributed by atoms with E-state index in [4.69, 9.17) is 9.15 Å². The summed E-state index contributed by atoms with van der Waals surface area (Å²) in [6.45, 7) is 1.64. The first-order valence-corrected chi connectivity index (χ1v) is 8.56. The van der Waals surface area contributed by atoms with Crippen molar-refractivity contribution in [1.82, 2.24) is 4.98 Å². The third-order valence-electron chi connectivity index (χ3n) is 3.63. The molecule has 0 unspecified atom stereocenters. The zero-order valence-electron chi connectivity index (χ0n) is 13.9. The molecule has 130 valence electrons. The number of thiazole rings is 1. The SMILES string of the molecule is COC(=O)c1cc(COC(=O)CCc2nc3ccccc3s2)oc1C. The van der Waals surface area contributed by atoms with Gasteiger partial charge >= 0.3 is 11.9 Å². The number of para-hydroxylation sites is 1. The molecule has 3 aromatic rings. The molecule has 0 spiro atoms. The summed E-state index contributed by atoms with van der Waals surface area (Å²) in [6.07, 6.45) is 0.770. The van der Waals surface area contributed by atoms with E-state index in [9.17, 15) is 9.59 Å². The Hall–Kier alpha value is -2.67. The molecule has 0 N–H and O–H groups in total. The Kier molecular flexibility index (Phi) is 5.14. The Morgan fingerprint density at radius 3 is 2.84 bits per heavy atom. The predicted octanol–water partition coefficient (Wildman–Crippen LogP) is 3.66. The third kappa shape index (κ3) is 4.06. The highest BCUT2D eigenvalue weighted by atomic mass is 32.1. The van der Waals surface area contributed by atoms with Gasteiger partial charge in [-0.25, -0.2) is 9.78 Å². The molecule has 1 aromatic carbocycles. The van der Waals surface area contributed by atoms with Crippen molar-refractivity contribution in [3.63, 3.8) is 0 Å². The van der Waals surface area contributed by atoms with Crippen LogP contribution in [0.5, 0.6) is 0 Å². The van der Waals surface area contributed by atoms with Gasteiger partial charge in [0.25, 0.3) is 0 Å². The van der Waals surface area contributed by atoms with E-state index >= 15 is 0 Å². The number of nitrogens with zero attached hydrogens (tertiary/aromatic N) is 1. The first-order chi connectivity index (χ1) is 12.1. The molecular weight excluding hydrogens is 342 g/mol. The van der Waals surface area contributed by atoms with Gasteiger partial charge in [0.05, 0.1) is 28.8 Å². The summed E-state index contributed by atoms with van der Waals surface area (Å²) in [5.41, 5.74) is 1.28. The lowest BCUT2D eigenvalue weighted by atomic mass is 10.2. The molecule has 2 aromatic heterocycles. The number of carbonyl (C=O) groups excluding carboxylic acids is 2. The Morgan fingerprint density at radius 2 is 2.08 bits per heavy atom. The minimum atomic E-state index is -0.477. The largest absolute Gasteiger partial charge is 0.465 e. The summed E-state index contributed by atoms with van der Waals surface area (Å²) in [6, 6.07) is 9.39. The summed E-state index contributed by atoms with van der Waals surface area (Å²) >= 11 is 1.58. The highest BCUT2D eigenvalue weighted by molar-refractivity contribution is 7.18. The van der Waals surface area contributed by atoms with Gasteiger partial charge in [-0.15, -0.1) is 11.3 Å². The van der Waals surface area contributed by atoms with Crippen molar-refractivity contribution in [2.75, 3.05) is 7.11 Å². The molecular formula is C18H17NO5S. The zero-order valence-corrected chi connectivity index (χ0v) is 14.7. The van der Waals surface area contributed by atoms with Crippen molar-refractivity contribution in [3.05, 3.63) is 52.4 Å². The Bertz CT molecular complexity index is 878. The summed E-state index contributed by atoms with van der Waals surface area (Å²) < 4.78 is 16.4. The number of methoxy groups -OCH3 is 1. The van der Waals surface area contributed by atoms with E-state index in [0.717, 1.165) is 15.2 Å². The first kappa shape index (κ1) is 17.2. The van der Waals surface area contributed by atoms with Gasteiger partial charge in [-0.2, -0.15) is 0 Å². The van der Waals surface area contributed by atoms with Crippen molar-refractivity contribution >= 4 is 33.5 Å². The van der Waals surface area contributed by atoms with Crippen LogP contribution >= 0.6 is 11.3 Å². The number of furan rings is 1. The van der Waals surface area contributed by atoms with Gasteiger partial charge in [-0.05, 0) is 25.1 Å². The molecule has 0 fully saturated rings. The molecule has 7 heteroatoms. The van der Waals surface area contributed by atoms with Crippen LogP contribution in [-0.4, -0.2) is 24.0 Å². The van der Waals surface area contributed by atoms with Gasteiger partial charge in [0, 0.05) is 6.42 Å².